The van der Waals surface area contributed by atoms with Crippen molar-refractivity contribution in [2.75, 3.05) is 6.54 Å². The number of ketones is 1. The van der Waals surface area contributed by atoms with Gasteiger partial charge in [0, 0.05) is 36.1 Å². The van der Waals surface area contributed by atoms with Crippen LogP contribution in [0, 0.1) is 10.1 Å². The van der Waals surface area contributed by atoms with Gasteiger partial charge in [0.15, 0.2) is 5.78 Å². The molecule has 0 bridgehead atoms. The van der Waals surface area contributed by atoms with E-state index in [0.717, 1.165) is 5.01 Å². The average Bonchev–Trinajstić information content (AvgIpc) is 3.22. The molecule has 3 aromatic carbocycles. The van der Waals surface area contributed by atoms with Crippen LogP contribution < -0.4 is 4.74 Å². The van der Waals surface area contributed by atoms with Crippen molar-refractivity contribution in [2.24, 2.45) is 0 Å². The Morgan fingerprint density at radius 3 is 1.95 bits per heavy atom. The third kappa shape index (κ3) is 5.76. The van der Waals surface area contributed by atoms with Crippen molar-refractivity contribution >= 4 is 52.4 Å². The van der Waals surface area contributed by atoms with Gasteiger partial charge in [-0.25, -0.2) is 5.01 Å². The Hall–Kier alpha value is -4.28. The number of benzene rings is 3. The van der Waals surface area contributed by atoms with Gasteiger partial charge in [-0.05, 0) is 54.6 Å². The van der Waals surface area contributed by atoms with Crippen LogP contribution >= 0.6 is 23.2 Å². The van der Waals surface area contributed by atoms with Gasteiger partial charge in [-0.3, -0.25) is 29.3 Å². The van der Waals surface area contributed by atoms with Crippen LogP contribution in [0.1, 0.15) is 33.6 Å². The highest BCUT2D eigenvalue weighted by Crippen LogP contribution is 2.26. The van der Waals surface area contributed by atoms with Gasteiger partial charge in [0.2, 0.25) is 11.8 Å². The highest BCUT2D eigenvalue weighted by atomic mass is 35.5. The van der Waals surface area contributed by atoms with E-state index in [2.05, 4.69) is 0 Å². The number of nitro groups is 1. The Kier molecular flexibility index (Phi) is 7.51. The van der Waals surface area contributed by atoms with Crippen molar-refractivity contribution in [3.05, 3.63) is 98.0 Å². The zero-order valence-corrected chi connectivity index (χ0v) is 20.4. The number of nitrogens with zero attached hydrogens (tertiary/aromatic N) is 3. The first-order chi connectivity index (χ1) is 17.6. The van der Waals surface area contributed by atoms with Crippen LogP contribution in [0.5, 0.6) is 11.5 Å². The predicted octanol–water partition coefficient (Wildman–Crippen LogP) is 5.08. The number of non-ortho nitro benzene ring substituents is 1. The van der Waals surface area contributed by atoms with E-state index in [0.29, 0.717) is 16.5 Å². The molecule has 0 unspecified atom stereocenters. The Morgan fingerprint density at radius 2 is 1.41 bits per heavy atom. The minimum atomic E-state index is -0.770. The van der Waals surface area contributed by atoms with Gasteiger partial charge in [0.1, 0.15) is 18.0 Å². The molecule has 4 rings (SSSR count). The molecule has 1 heterocycles. The number of ether oxygens (including phenoxy) is 1. The van der Waals surface area contributed by atoms with E-state index in [1.165, 1.54) is 66.7 Å². The molecule has 0 atom stereocenters. The summed E-state index contributed by atoms with van der Waals surface area (Å²) in [5, 5.41) is 12.6. The van der Waals surface area contributed by atoms with E-state index in [1.54, 1.807) is 0 Å². The van der Waals surface area contributed by atoms with Gasteiger partial charge in [0.25, 0.3) is 11.6 Å². The van der Waals surface area contributed by atoms with Gasteiger partial charge in [-0.15, -0.1) is 0 Å². The molecule has 37 heavy (non-hydrogen) atoms. The summed E-state index contributed by atoms with van der Waals surface area (Å²) in [6.45, 7) is -0.584. The van der Waals surface area contributed by atoms with Crippen molar-refractivity contribution in [3.8, 4) is 11.5 Å². The Balaban J connectivity index is 1.53. The molecule has 10 nitrogen and oxygen atoms in total. The molecule has 1 aliphatic heterocycles. The second kappa shape index (κ2) is 10.8. The second-order valence-electron chi connectivity index (χ2n) is 7.89. The van der Waals surface area contributed by atoms with Crippen LogP contribution in [-0.4, -0.2) is 45.0 Å². The lowest BCUT2D eigenvalue weighted by atomic mass is 10.1. The van der Waals surface area contributed by atoms with E-state index in [1.807, 2.05) is 0 Å². The van der Waals surface area contributed by atoms with E-state index in [-0.39, 0.29) is 39.7 Å². The average molecular weight is 542 g/mol. The van der Waals surface area contributed by atoms with Crippen molar-refractivity contribution in [3.63, 3.8) is 0 Å². The number of rotatable bonds is 8. The summed E-state index contributed by atoms with van der Waals surface area (Å²) in [6, 6.07) is 15.5. The van der Waals surface area contributed by atoms with E-state index >= 15 is 0 Å². The van der Waals surface area contributed by atoms with Gasteiger partial charge in [0.05, 0.1) is 15.0 Å². The van der Waals surface area contributed by atoms with Gasteiger partial charge in [-0.1, -0.05) is 23.2 Å². The number of hydrogen-bond acceptors (Lipinski definition) is 7. The van der Waals surface area contributed by atoms with Crippen molar-refractivity contribution in [2.45, 2.75) is 12.8 Å². The number of hydrogen-bond donors (Lipinski definition) is 0. The van der Waals surface area contributed by atoms with Crippen LogP contribution in [0.4, 0.5) is 5.69 Å². The second-order valence-corrected chi connectivity index (χ2v) is 8.71. The summed E-state index contributed by atoms with van der Waals surface area (Å²) < 4.78 is 5.64. The number of hydrazine groups is 1. The summed E-state index contributed by atoms with van der Waals surface area (Å²) in [5.41, 5.74) is 0.159. The van der Waals surface area contributed by atoms with Crippen molar-refractivity contribution in [1.29, 1.82) is 0 Å². The zero-order valence-electron chi connectivity index (χ0n) is 18.9. The van der Waals surface area contributed by atoms with Gasteiger partial charge < -0.3 is 4.74 Å². The molecule has 1 saturated heterocycles. The third-order valence-electron chi connectivity index (χ3n) is 5.42. The molecule has 0 spiro atoms. The Bertz CT molecular complexity index is 1390. The van der Waals surface area contributed by atoms with Crippen LogP contribution in [-0.2, 0) is 9.59 Å². The molecule has 0 aliphatic carbocycles. The lowest BCUT2D eigenvalue weighted by molar-refractivity contribution is -0.384. The molecule has 3 amide bonds. The number of carbonyl (C=O) groups excluding carboxylic acids is 4. The maximum absolute atomic E-state index is 13.2. The number of amides is 3. The lowest BCUT2D eigenvalue weighted by Crippen LogP contribution is -2.51. The molecular weight excluding hydrogens is 525 g/mol. The van der Waals surface area contributed by atoms with E-state index < -0.39 is 35.0 Å². The monoisotopic (exact) mass is 541 g/mol. The standard InChI is InChI=1S/C25H17Cl2N3O7/c26-20-10-3-16(13-21(20)27)25(34)28(29-23(32)11-12-24(29)33)14-22(31)15-1-6-18(7-2-15)37-19-8-4-17(5-9-19)30(35)36/h1-10,13H,11-12,14H2. The smallest absolute Gasteiger partial charge is 0.273 e. The fourth-order valence-corrected chi connectivity index (χ4v) is 3.85. The predicted molar refractivity (Wildman–Crippen MR) is 133 cm³/mol. The summed E-state index contributed by atoms with van der Waals surface area (Å²) in [4.78, 5) is 61.3. The lowest BCUT2D eigenvalue weighted by Gasteiger charge is -2.29. The number of imide groups is 1. The molecule has 0 saturated carbocycles. The van der Waals surface area contributed by atoms with Crippen LogP contribution in [0.25, 0.3) is 0 Å². The highest BCUT2D eigenvalue weighted by Gasteiger charge is 2.38. The summed E-state index contributed by atoms with van der Waals surface area (Å²) in [5.74, 6) is -1.79. The minimum Gasteiger partial charge on any atom is -0.457 e. The molecule has 12 heteroatoms. The summed E-state index contributed by atoms with van der Waals surface area (Å²) in [6.07, 6.45) is -0.153. The largest absolute Gasteiger partial charge is 0.457 e. The highest BCUT2D eigenvalue weighted by molar-refractivity contribution is 6.42. The van der Waals surface area contributed by atoms with Gasteiger partial charge in [-0.2, -0.15) is 5.01 Å². The fourth-order valence-electron chi connectivity index (χ4n) is 3.55. The number of nitro benzene ring substituents is 1. The number of halogens is 2. The molecule has 0 aromatic heterocycles. The maximum Gasteiger partial charge on any atom is 0.273 e. The summed E-state index contributed by atoms with van der Waals surface area (Å²) >= 11 is 11.9. The van der Waals surface area contributed by atoms with E-state index in [4.69, 9.17) is 27.9 Å². The Morgan fingerprint density at radius 1 is 0.865 bits per heavy atom. The fraction of sp³-hybridized carbons (Fsp3) is 0.120. The molecule has 188 valence electrons. The van der Waals surface area contributed by atoms with Crippen LogP contribution in [0.2, 0.25) is 10.0 Å². The van der Waals surface area contributed by atoms with Crippen molar-refractivity contribution in [1.82, 2.24) is 10.0 Å². The molecule has 1 aliphatic rings. The summed E-state index contributed by atoms with van der Waals surface area (Å²) in [7, 11) is 0. The number of Topliss-reactive ketones (excluding diaryl/α,β-unsaturated/α-hetero) is 1. The molecule has 0 radical (unpaired) electrons. The van der Waals surface area contributed by atoms with Gasteiger partial charge >= 0.3 is 0 Å². The van der Waals surface area contributed by atoms with Crippen LogP contribution in [0.3, 0.4) is 0 Å². The topological polar surface area (TPSA) is 127 Å². The maximum atomic E-state index is 13.2. The number of carbonyl (C=O) groups is 4. The molecule has 0 N–H and O–H groups in total. The zero-order chi connectivity index (χ0) is 26.7. The van der Waals surface area contributed by atoms with E-state index in [9.17, 15) is 29.3 Å². The van der Waals surface area contributed by atoms with Crippen molar-refractivity contribution < 1.29 is 28.8 Å². The molecule has 1 fully saturated rings. The van der Waals surface area contributed by atoms with Crippen LogP contribution in [0.15, 0.2) is 66.7 Å². The third-order valence-corrected chi connectivity index (χ3v) is 6.16. The quantitative estimate of drug-likeness (QED) is 0.168. The SMILES string of the molecule is O=C(CN(C(=O)c1ccc(Cl)c(Cl)c1)N1C(=O)CCC1=O)c1ccc(Oc2ccc([N+](=O)[O-])cc2)cc1. The Labute approximate surface area is 220 Å². The normalized spacial score (nSPS) is 13.0. The molecule has 3 aromatic rings. The first-order valence-corrected chi connectivity index (χ1v) is 11.6. The molecular formula is C25H17Cl2N3O7. The first kappa shape index (κ1) is 25.8. The first-order valence-electron chi connectivity index (χ1n) is 10.8. The minimum absolute atomic E-state index is 0.0431.